The third kappa shape index (κ3) is 3.70. The van der Waals surface area contributed by atoms with Crippen LogP contribution in [0, 0.1) is 0 Å². The zero-order chi connectivity index (χ0) is 13.5. The highest BCUT2D eigenvalue weighted by atomic mass is 16.5. The fourth-order valence-corrected chi connectivity index (χ4v) is 1.61. The number of rotatable bonds is 7. The van der Waals surface area contributed by atoms with Gasteiger partial charge in [-0.1, -0.05) is 0 Å². The van der Waals surface area contributed by atoms with E-state index in [1.807, 2.05) is 12.1 Å². The number of hydrogen-bond donors (Lipinski definition) is 2. The van der Waals surface area contributed by atoms with Gasteiger partial charge in [-0.15, -0.1) is 0 Å². The monoisotopic (exact) mass is 255 g/mol. The van der Waals surface area contributed by atoms with Crippen molar-refractivity contribution < 1.29 is 19.3 Å². The van der Waals surface area contributed by atoms with Crippen LogP contribution in [-0.4, -0.2) is 39.1 Å². The lowest BCUT2D eigenvalue weighted by Gasteiger charge is -2.15. The van der Waals surface area contributed by atoms with Crippen molar-refractivity contribution in [2.75, 3.05) is 33.2 Å². The minimum atomic E-state index is -0.320. The fraction of sp³-hybridized carbons (Fsp3) is 0.538. The molecule has 0 radical (unpaired) electrons. The zero-order valence-electron chi connectivity index (χ0n) is 11.3. The lowest BCUT2D eigenvalue weighted by atomic mass is 10.2. The Kier molecular flexibility index (Phi) is 5.58. The molecule has 0 aliphatic heterocycles. The molecule has 102 valence electrons. The van der Waals surface area contributed by atoms with Gasteiger partial charge in [0.05, 0.1) is 27.4 Å². The number of nitrogens with one attached hydrogen (secondary N) is 1. The molecule has 0 heterocycles. The molecule has 1 rings (SSSR count). The van der Waals surface area contributed by atoms with Crippen LogP contribution in [0.3, 0.4) is 0 Å². The molecule has 1 aromatic rings. The first-order valence-electron chi connectivity index (χ1n) is 5.84. The lowest BCUT2D eigenvalue weighted by molar-refractivity contribution is 0.189. The van der Waals surface area contributed by atoms with E-state index in [9.17, 15) is 5.11 Å². The highest BCUT2D eigenvalue weighted by Crippen LogP contribution is 2.39. The molecule has 0 aromatic heterocycles. The maximum absolute atomic E-state index is 9.20. The number of benzene rings is 1. The molecule has 0 saturated carbocycles. The highest BCUT2D eigenvalue weighted by Gasteiger charge is 2.12. The van der Waals surface area contributed by atoms with E-state index in [1.54, 1.807) is 28.3 Å². The Bertz CT molecular complexity index is 354. The zero-order valence-corrected chi connectivity index (χ0v) is 11.3. The normalized spacial score (nSPS) is 11.8. The van der Waals surface area contributed by atoms with E-state index in [-0.39, 0.29) is 6.10 Å². The van der Waals surface area contributed by atoms with Crippen molar-refractivity contribution in [1.82, 2.24) is 0 Å². The molecule has 2 N–H and O–H groups in total. The average Bonchev–Trinajstić information content (AvgIpc) is 2.36. The molecule has 0 spiro atoms. The summed E-state index contributed by atoms with van der Waals surface area (Å²) in [5, 5.41) is 12.4. The van der Waals surface area contributed by atoms with E-state index < -0.39 is 0 Å². The first-order chi connectivity index (χ1) is 8.62. The molecule has 0 aliphatic rings. The number of methoxy groups -OCH3 is 3. The van der Waals surface area contributed by atoms with Crippen molar-refractivity contribution in [3.05, 3.63) is 12.1 Å². The standard InChI is InChI=1S/C13H21NO4/c1-9(15)5-6-14-10-7-11(16-2)13(18-4)12(8-10)17-3/h7-9,14-15H,5-6H2,1-4H3. The van der Waals surface area contributed by atoms with Crippen molar-refractivity contribution in [1.29, 1.82) is 0 Å². The number of ether oxygens (including phenoxy) is 3. The Labute approximate surface area is 108 Å². The van der Waals surface area contributed by atoms with Crippen LogP contribution in [0.2, 0.25) is 0 Å². The molecule has 0 amide bonds. The Balaban J connectivity index is 2.86. The maximum atomic E-state index is 9.20. The van der Waals surface area contributed by atoms with E-state index in [2.05, 4.69) is 5.32 Å². The molecule has 5 heteroatoms. The average molecular weight is 255 g/mol. The van der Waals surface area contributed by atoms with E-state index >= 15 is 0 Å². The van der Waals surface area contributed by atoms with Gasteiger partial charge in [0.25, 0.3) is 0 Å². The summed E-state index contributed by atoms with van der Waals surface area (Å²) >= 11 is 0. The minimum absolute atomic E-state index is 0.320. The second-order valence-corrected chi connectivity index (χ2v) is 3.98. The van der Waals surface area contributed by atoms with Crippen molar-refractivity contribution in [2.24, 2.45) is 0 Å². The molecule has 0 aliphatic carbocycles. The van der Waals surface area contributed by atoms with Crippen molar-refractivity contribution in [3.8, 4) is 17.2 Å². The number of aliphatic hydroxyl groups excluding tert-OH is 1. The first kappa shape index (κ1) is 14.4. The Morgan fingerprint density at radius 2 is 1.67 bits per heavy atom. The summed E-state index contributed by atoms with van der Waals surface area (Å²) in [6.45, 7) is 2.44. The van der Waals surface area contributed by atoms with Gasteiger partial charge in [-0.25, -0.2) is 0 Å². The second kappa shape index (κ2) is 6.96. The summed E-state index contributed by atoms with van der Waals surface area (Å²) in [7, 11) is 4.73. The summed E-state index contributed by atoms with van der Waals surface area (Å²) < 4.78 is 15.7. The van der Waals surface area contributed by atoms with Crippen molar-refractivity contribution >= 4 is 5.69 Å². The molecule has 0 saturated heterocycles. The van der Waals surface area contributed by atoms with Gasteiger partial charge in [-0.05, 0) is 13.3 Å². The fourth-order valence-electron chi connectivity index (χ4n) is 1.61. The van der Waals surface area contributed by atoms with E-state index in [0.717, 1.165) is 5.69 Å². The molecule has 1 atom stereocenters. The maximum Gasteiger partial charge on any atom is 0.203 e. The molecule has 1 aromatic carbocycles. The molecule has 18 heavy (non-hydrogen) atoms. The third-order valence-corrected chi connectivity index (χ3v) is 2.56. The number of anilines is 1. The SMILES string of the molecule is COc1cc(NCCC(C)O)cc(OC)c1OC. The van der Waals surface area contributed by atoms with Crippen LogP contribution in [0.15, 0.2) is 12.1 Å². The van der Waals surface area contributed by atoms with Crippen LogP contribution < -0.4 is 19.5 Å². The van der Waals surface area contributed by atoms with Gasteiger partial charge in [-0.3, -0.25) is 0 Å². The molecule has 0 bridgehead atoms. The molecule has 0 fully saturated rings. The largest absolute Gasteiger partial charge is 0.493 e. The number of aliphatic hydroxyl groups is 1. The predicted octanol–water partition coefficient (Wildman–Crippen LogP) is 1.90. The lowest BCUT2D eigenvalue weighted by Crippen LogP contribution is -2.10. The smallest absolute Gasteiger partial charge is 0.203 e. The van der Waals surface area contributed by atoms with Gasteiger partial charge in [0.2, 0.25) is 5.75 Å². The predicted molar refractivity (Wildman–Crippen MR) is 70.9 cm³/mol. The van der Waals surface area contributed by atoms with Gasteiger partial charge in [0, 0.05) is 24.4 Å². The first-order valence-corrected chi connectivity index (χ1v) is 5.84. The van der Waals surface area contributed by atoms with Crippen LogP contribution in [0.25, 0.3) is 0 Å². The second-order valence-electron chi connectivity index (χ2n) is 3.98. The summed E-state index contributed by atoms with van der Waals surface area (Å²) in [5.74, 6) is 1.79. The molecular weight excluding hydrogens is 234 g/mol. The summed E-state index contributed by atoms with van der Waals surface area (Å²) in [6, 6.07) is 3.67. The van der Waals surface area contributed by atoms with Crippen molar-refractivity contribution in [2.45, 2.75) is 19.4 Å². The Morgan fingerprint density at radius 3 is 2.06 bits per heavy atom. The highest BCUT2D eigenvalue weighted by molar-refractivity contribution is 5.62. The summed E-state index contributed by atoms with van der Waals surface area (Å²) in [4.78, 5) is 0. The number of hydrogen-bond acceptors (Lipinski definition) is 5. The Hall–Kier alpha value is -1.62. The topological polar surface area (TPSA) is 60.0 Å². The van der Waals surface area contributed by atoms with Crippen LogP contribution >= 0.6 is 0 Å². The van der Waals surface area contributed by atoms with Crippen LogP contribution in [0.1, 0.15) is 13.3 Å². The van der Waals surface area contributed by atoms with Gasteiger partial charge >= 0.3 is 0 Å². The molecule has 5 nitrogen and oxygen atoms in total. The van der Waals surface area contributed by atoms with E-state index in [0.29, 0.717) is 30.2 Å². The molecule has 1 unspecified atom stereocenters. The van der Waals surface area contributed by atoms with E-state index in [1.165, 1.54) is 0 Å². The quantitative estimate of drug-likeness (QED) is 0.779. The van der Waals surface area contributed by atoms with Crippen molar-refractivity contribution in [3.63, 3.8) is 0 Å². The molecular formula is C13H21NO4. The van der Waals surface area contributed by atoms with Gasteiger partial charge in [0.15, 0.2) is 11.5 Å². The summed E-state index contributed by atoms with van der Waals surface area (Å²) in [6.07, 6.45) is 0.357. The van der Waals surface area contributed by atoms with Crippen LogP contribution in [-0.2, 0) is 0 Å². The van der Waals surface area contributed by atoms with Crippen LogP contribution in [0.4, 0.5) is 5.69 Å². The van der Waals surface area contributed by atoms with Crippen LogP contribution in [0.5, 0.6) is 17.2 Å². The van der Waals surface area contributed by atoms with E-state index in [4.69, 9.17) is 14.2 Å². The van der Waals surface area contributed by atoms with Gasteiger partial charge in [0.1, 0.15) is 0 Å². The van der Waals surface area contributed by atoms with Gasteiger partial charge in [-0.2, -0.15) is 0 Å². The third-order valence-electron chi connectivity index (χ3n) is 2.56. The Morgan fingerprint density at radius 1 is 1.11 bits per heavy atom. The minimum Gasteiger partial charge on any atom is -0.493 e. The summed E-state index contributed by atoms with van der Waals surface area (Å²) in [5.41, 5.74) is 0.866. The van der Waals surface area contributed by atoms with Gasteiger partial charge < -0.3 is 24.6 Å².